The fraction of sp³-hybridized carbons (Fsp3) is 0.917. The third kappa shape index (κ3) is 7.35. The Kier molecular flexibility index (Phi) is 9.06. The number of hydrogen-bond donors (Lipinski definition) is 2. The lowest BCUT2D eigenvalue weighted by atomic mass is 9.62. The predicted molar refractivity (Wildman–Crippen MR) is 126 cm³/mol. The first kappa shape index (κ1) is 26.6. The third-order valence-corrected chi connectivity index (χ3v) is 6.13. The van der Waals surface area contributed by atoms with Gasteiger partial charge in [-0.1, -0.05) is 20.8 Å². The van der Waals surface area contributed by atoms with Gasteiger partial charge >= 0.3 is 12.1 Å². The minimum absolute atomic E-state index is 0.00372. The molecule has 0 aromatic rings. The highest BCUT2D eigenvalue weighted by molar-refractivity contribution is 5.75. The van der Waals surface area contributed by atoms with Gasteiger partial charge in [0.05, 0.1) is 0 Å². The fourth-order valence-electron chi connectivity index (χ4n) is 5.63. The summed E-state index contributed by atoms with van der Waals surface area (Å²) in [7, 11) is 0. The first-order chi connectivity index (χ1) is 13.6. The van der Waals surface area contributed by atoms with Crippen LogP contribution in [0.5, 0.6) is 0 Å². The van der Waals surface area contributed by atoms with Gasteiger partial charge in [0, 0.05) is 36.8 Å². The Morgan fingerprint density at radius 1 is 0.800 bits per heavy atom. The summed E-state index contributed by atoms with van der Waals surface area (Å²) in [5.74, 6) is 0. The Morgan fingerprint density at radius 2 is 1.23 bits per heavy atom. The first-order valence-electron chi connectivity index (χ1n) is 11.7. The molecule has 0 radical (unpaired) electrons. The van der Waals surface area contributed by atoms with Crippen molar-refractivity contribution in [1.29, 1.82) is 0 Å². The molecule has 0 aliphatic heterocycles. The van der Waals surface area contributed by atoms with Gasteiger partial charge in [0.1, 0.15) is 0 Å². The van der Waals surface area contributed by atoms with E-state index < -0.39 is 0 Å². The Labute approximate surface area is 185 Å². The quantitative estimate of drug-likeness (QED) is 0.588. The molecule has 0 bridgehead atoms. The molecule has 176 valence electrons. The van der Waals surface area contributed by atoms with Gasteiger partial charge in [-0.25, -0.2) is 9.59 Å². The van der Waals surface area contributed by atoms with Crippen LogP contribution in [0.2, 0.25) is 0 Å². The average Bonchev–Trinajstić information content (AvgIpc) is 2.49. The van der Waals surface area contributed by atoms with E-state index in [-0.39, 0.29) is 53.1 Å². The second-order valence-electron chi connectivity index (χ2n) is 11.6. The lowest BCUT2D eigenvalue weighted by Crippen LogP contribution is -2.56. The minimum Gasteiger partial charge on any atom is -0.337 e. The van der Waals surface area contributed by atoms with Crippen molar-refractivity contribution in [2.75, 3.05) is 6.54 Å². The first-order valence-corrected chi connectivity index (χ1v) is 11.7. The fourth-order valence-corrected chi connectivity index (χ4v) is 5.63. The van der Waals surface area contributed by atoms with Crippen molar-refractivity contribution < 1.29 is 9.59 Å². The number of amides is 4. The van der Waals surface area contributed by atoms with Crippen LogP contribution < -0.4 is 10.6 Å². The second kappa shape index (κ2) is 10.2. The van der Waals surface area contributed by atoms with Gasteiger partial charge in [-0.15, -0.1) is 0 Å². The zero-order valence-electron chi connectivity index (χ0n) is 21.4. The highest BCUT2D eigenvalue weighted by Crippen LogP contribution is 2.45. The van der Waals surface area contributed by atoms with Crippen molar-refractivity contribution >= 4 is 12.1 Å². The molecule has 1 rings (SSSR count). The van der Waals surface area contributed by atoms with Crippen LogP contribution in [0.1, 0.15) is 95.4 Å². The lowest BCUT2D eigenvalue weighted by molar-refractivity contribution is 0.0675. The van der Waals surface area contributed by atoms with E-state index in [1.54, 1.807) is 0 Å². The van der Waals surface area contributed by atoms with E-state index in [0.717, 1.165) is 19.3 Å². The molecule has 4 amide bonds. The second-order valence-corrected chi connectivity index (χ2v) is 11.6. The number of rotatable bonds is 7. The molecule has 2 N–H and O–H groups in total. The monoisotopic (exact) mass is 424 g/mol. The smallest absolute Gasteiger partial charge is 0.318 e. The van der Waals surface area contributed by atoms with E-state index in [1.807, 2.05) is 37.5 Å². The molecule has 0 aromatic heterocycles. The standard InChI is InChI=1S/C24H48N4O2/c1-16(2)27(17(3)4)21(29)25-15-24(11)13-20(12-23(9,10)14-24)26-22(30)28(18(5)6)19(7)8/h16-20H,12-15H2,1-11H3,(H,25,29)(H,26,30)/t20-,24-/m0/s1. The summed E-state index contributed by atoms with van der Waals surface area (Å²) in [6, 6.07) is 0.748. The summed E-state index contributed by atoms with van der Waals surface area (Å²) in [5.41, 5.74) is 0.0431. The molecule has 1 saturated carbocycles. The molecular formula is C24H48N4O2. The summed E-state index contributed by atoms with van der Waals surface area (Å²) in [6.45, 7) is 23.8. The number of carbonyl (C=O) groups is 2. The third-order valence-electron chi connectivity index (χ3n) is 6.13. The normalized spacial score (nSPS) is 23.8. The molecule has 1 fully saturated rings. The maximum Gasteiger partial charge on any atom is 0.318 e. The molecule has 0 unspecified atom stereocenters. The highest BCUT2D eigenvalue weighted by Gasteiger charge is 2.42. The molecule has 0 spiro atoms. The maximum atomic E-state index is 13.0. The maximum absolute atomic E-state index is 13.0. The van der Waals surface area contributed by atoms with Crippen LogP contribution in [0.25, 0.3) is 0 Å². The van der Waals surface area contributed by atoms with Gasteiger partial charge < -0.3 is 20.4 Å². The largest absolute Gasteiger partial charge is 0.337 e. The summed E-state index contributed by atoms with van der Waals surface area (Å²) >= 11 is 0. The van der Waals surface area contributed by atoms with Gasteiger partial charge in [0.15, 0.2) is 0 Å². The Bertz CT molecular complexity index is 570. The van der Waals surface area contributed by atoms with Crippen molar-refractivity contribution in [3.63, 3.8) is 0 Å². The van der Waals surface area contributed by atoms with Crippen molar-refractivity contribution in [3.05, 3.63) is 0 Å². The SMILES string of the molecule is CC(C)N(C(=O)NC[C@@]1(C)C[C@@H](NC(=O)N(C(C)C)C(C)C)CC(C)(C)C1)C(C)C. The van der Waals surface area contributed by atoms with Crippen molar-refractivity contribution in [2.45, 2.75) is 126 Å². The van der Waals surface area contributed by atoms with Crippen LogP contribution >= 0.6 is 0 Å². The van der Waals surface area contributed by atoms with E-state index in [9.17, 15) is 9.59 Å². The molecular weight excluding hydrogens is 376 g/mol. The van der Waals surface area contributed by atoms with E-state index in [1.165, 1.54) is 0 Å². The molecule has 6 heteroatoms. The average molecular weight is 425 g/mol. The van der Waals surface area contributed by atoms with E-state index in [4.69, 9.17) is 0 Å². The number of nitrogens with one attached hydrogen (secondary N) is 2. The van der Waals surface area contributed by atoms with Crippen molar-refractivity contribution in [2.24, 2.45) is 10.8 Å². The van der Waals surface area contributed by atoms with E-state index in [2.05, 4.69) is 59.1 Å². The zero-order chi connectivity index (χ0) is 23.4. The van der Waals surface area contributed by atoms with Crippen LogP contribution in [0.15, 0.2) is 0 Å². The number of carbonyl (C=O) groups excluding carboxylic acids is 2. The van der Waals surface area contributed by atoms with Gasteiger partial charge in [0.2, 0.25) is 0 Å². The van der Waals surface area contributed by atoms with Gasteiger partial charge in [0.25, 0.3) is 0 Å². The molecule has 6 nitrogen and oxygen atoms in total. The number of nitrogens with zero attached hydrogens (tertiary/aromatic N) is 2. The molecule has 30 heavy (non-hydrogen) atoms. The van der Waals surface area contributed by atoms with E-state index in [0.29, 0.717) is 6.54 Å². The molecule has 0 saturated heterocycles. The van der Waals surface area contributed by atoms with Crippen molar-refractivity contribution in [1.82, 2.24) is 20.4 Å². The molecule has 0 heterocycles. The summed E-state index contributed by atoms with van der Waals surface area (Å²) in [4.78, 5) is 29.6. The van der Waals surface area contributed by atoms with Gasteiger partial charge in [-0.2, -0.15) is 0 Å². The Balaban J connectivity index is 2.88. The molecule has 1 aliphatic rings. The van der Waals surface area contributed by atoms with E-state index >= 15 is 0 Å². The Morgan fingerprint density at radius 3 is 1.67 bits per heavy atom. The summed E-state index contributed by atoms with van der Waals surface area (Å²) < 4.78 is 0. The van der Waals surface area contributed by atoms with Crippen LogP contribution in [-0.4, -0.2) is 58.6 Å². The molecule has 0 aromatic carbocycles. The van der Waals surface area contributed by atoms with Gasteiger partial charge in [-0.05, 0) is 85.5 Å². The summed E-state index contributed by atoms with van der Waals surface area (Å²) in [5, 5.41) is 6.49. The molecule has 1 aliphatic carbocycles. The minimum atomic E-state index is -0.0600. The number of urea groups is 2. The lowest BCUT2D eigenvalue weighted by Gasteiger charge is -2.47. The zero-order valence-corrected chi connectivity index (χ0v) is 21.4. The highest BCUT2D eigenvalue weighted by atomic mass is 16.2. The van der Waals surface area contributed by atoms with Crippen LogP contribution in [0.4, 0.5) is 9.59 Å². The Hall–Kier alpha value is -1.46. The summed E-state index contributed by atoms with van der Waals surface area (Å²) in [6.07, 6.45) is 2.85. The van der Waals surface area contributed by atoms with Crippen molar-refractivity contribution in [3.8, 4) is 0 Å². The topological polar surface area (TPSA) is 64.7 Å². The van der Waals surface area contributed by atoms with Crippen LogP contribution in [0, 0.1) is 10.8 Å². The number of hydrogen-bond acceptors (Lipinski definition) is 2. The van der Waals surface area contributed by atoms with Crippen LogP contribution in [-0.2, 0) is 0 Å². The van der Waals surface area contributed by atoms with Gasteiger partial charge in [-0.3, -0.25) is 0 Å². The van der Waals surface area contributed by atoms with Crippen LogP contribution in [0.3, 0.4) is 0 Å². The molecule has 2 atom stereocenters. The predicted octanol–water partition coefficient (Wildman–Crippen LogP) is 5.23.